The number of piperidine rings is 2. The average molecular weight is 772 g/mol. The van der Waals surface area contributed by atoms with Gasteiger partial charge >= 0.3 is 6.18 Å². The van der Waals surface area contributed by atoms with Crippen LogP contribution in [0.4, 0.5) is 24.5 Å². The van der Waals surface area contributed by atoms with Crippen molar-refractivity contribution in [2.24, 2.45) is 0 Å². The molecule has 4 heterocycles. The van der Waals surface area contributed by atoms with E-state index in [0.29, 0.717) is 19.4 Å². The lowest BCUT2D eigenvalue weighted by Crippen LogP contribution is -2.50. The fraction of sp³-hybridized carbons (Fsp3) is 0.553. The van der Waals surface area contributed by atoms with Crippen LogP contribution in [0.5, 0.6) is 0 Å². The van der Waals surface area contributed by atoms with E-state index >= 15 is 0 Å². The molecule has 4 fully saturated rings. The molecule has 0 bridgehead atoms. The SMILES string of the molecule is CC1(C)C(=O)N(c2cnc(C#N)c(C(F)(F)F)c2)C(=S)N1C1CCCCC1.CCO.O=C1CCC(c2ccc(NC(=O)CN3CCCCC3)cc2)C(=O)N1. The predicted octanol–water partition coefficient (Wildman–Crippen LogP) is 5.65. The summed E-state index contributed by atoms with van der Waals surface area (Å²) < 4.78 is 39.8. The van der Waals surface area contributed by atoms with Crippen molar-refractivity contribution in [3.05, 3.63) is 53.3 Å². The van der Waals surface area contributed by atoms with Gasteiger partial charge in [0, 0.05) is 24.8 Å². The summed E-state index contributed by atoms with van der Waals surface area (Å²) >= 11 is 5.51. The summed E-state index contributed by atoms with van der Waals surface area (Å²) in [5.41, 5.74) is -1.32. The molecule has 1 unspecified atom stereocenters. The van der Waals surface area contributed by atoms with Crippen LogP contribution in [-0.2, 0) is 25.4 Å². The van der Waals surface area contributed by atoms with E-state index in [-0.39, 0.29) is 47.1 Å². The number of nitrogens with zero attached hydrogens (tertiary/aromatic N) is 5. The van der Waals surface area contributed by atoms with Crippen molar-refractivity contribution in [2.45, 2.75) is 109 Å². The molecule has 12 nitrogen and oxygen atoms in total. The second-order valence-electron chi connectivity index (χ2n) is 14.2. The van der Waals surface area contributed by atoms with Gasteiger partial charge in [-0.05, 0) is 102 Å². The van der Waals surface area contributed by atoms with Crippen molar-refractivity contribution in [2.75, 3.05) is 36.5 Å². The summed E-state index contributed by atoms with van der Waals surface area (Å²) in [6, 6.07) is 9.61. The lowest BCUT2D eigenvalue weighted by atomic mass is 9.90. The summed E-state index contributed by atoms with van der Waals surface area (Å²) in [6.45, 7) is 7.80. The number of carbonyl (C=O) groups is 4. The highest BCUT2D eigenvalue weighted by atomic mass is 32.1. The van der Waals surface area contributed by atoms with Gasteiger partial charge in [-0.1, -0.05) is 37.8 Å². The minimum Gasteiger partial charge on any atom is -0.397 e. The van der Waals surface area contributed by atoms with E-state index in [4.69, 9.17) is 22.6 Å². The van der Waals surface area contributed by atoms with E-state index in [1.807, 2.05) is 29.2 Å². The minimum absolute atomic E-state index is 0.00865. The normalized spacial score (nSPS) is 20.6. The molecule has 0 radical (unpaired) electrons. The Morgan fingerprint density at radius 2 is 1.67 bits per heavy atom. The Bertz CT molecular complexity index is 1720. The first-order valence-corrected chi connectivity index (χ1v) is 18.7. The van der Waals surface area contributed by atoms with E-state index in [9.17, 15) is 32.3 Å². The third-order valence-corrected chi connectivity index (χ3v) is 10.2. The van der Waals surface area contributed by atoms with Gasteiger partial charge in [-0.3, -0.25) is 34.3 Å². The van der Waals surface area contributed by atoms with Gasteiger partial charge in [0.15, 0.2) is 10.8 Å². The second kappa shape index (κ2) is 18.7. The fourth-order valence-corrected chi connectivity index (χ4v) is 7.77. The van der Waals surface area contributed by atoms with E-state index in [0.717, 1.165) is 86.4 Å². The van der Waals surface area contributed by atoms with Gasteiger partial charge in [0.05, 0.1) is 29.9 Å². The van der Waals surface area contributed by atoms with Crippen LogP contribution in [0.15, 0.2) is 36.5 Å². The van der Waals surface area contributed by atoms with Gasteiger partial charge in [0.1, 0.15) is 11.6 Å². The third kappa shape index (κ3) is 10.4. The Labute approximate surface area is 319 Å². The van der Waals surface area contributed by atoms with Crippen LogP contribution in [0.1, 0.15) is 108 Å². The molecule has 1 aliphatic carbocycles. The Balaban J connectivity index is 0.000000226. The number of hydrogen-bond donors (Lipinski definition) is 3. The summed E-state index contributed by atoms with van der Waals surface area (Å²) in [5, 5.41) is 21.9. The zero-order valence-electron chi connectivity index (χ0n) is 30.9. The van der Waals surface area contributed by atoms with Crippen molar-refractivity contribution in [3.63, 3.8) is 0 Å². The summed E-state index contributed by atoms with van der Waals surface area (Å²) in [6.07, 6.45) is 5.79. The highest BCUT2D eigenvalue weighted by molar-refractivity contribution is 7.80. The molecule has 3 aliphatic heterocycles. The molecule has 0 spiro atoms. The molecule has 3 N–H and O–H groups in total. The number of rotatable bonds is 6. The highest BCUT2D eigenvalue weighted by Crippen LogP contribution is 2.40. The number of aliphatic hydroxyl groups is 1. The Morgan fingerprint density at radius 1 is 1.06 bits per heavy atom. The standard InChI is InChI=1S/C18H19F3N4OS.C18H23N3O3.C2H6O/c1-17(2)15(26)24(16(27)25(17)11-6-4-3-5-7-11)12-8-13(18(19,20)21)14(9-22)23-10-12;22-16-9-8-15(18(24)20-16)13-4-6-14(7-5-13)19-17(23)12-21-10-2-1-3-11-21;1-2-3/h8,10-11H,3-7H2,1-2H3;4-7,15H,1-3,8-12H2,(H,19,23)(H,20,22,24);3H,2H2,1H3. The number of pyridine rings is 1. The second-order valence-corrected chi connectivity index (χ2v) is 14.5. The quantitative estimate of drug-likeness (QED) is 0.248. The molecule has 6 rings (SSSR count). The van der Waals surface area contributed by atoms with Gasteiger partial charge < -0.3 is 15.3 Å². The molecule has 54 heavy (non-hydrogen) atoms. The number of thiocarbonyl (C=S) groups is 1. The molecule has 1 atom stereocenters. The van der Waals surface area contributed by atoms with Crippen LogP contribution in [-0.4, -0.2) is 86.5 Å². The zero-order chi connectivity index (χ0) is 39.6. The summed E-state index contributed by atoms with van der Waals surface area (Å²) in [4.78, 5) is 57.0. The van der Waals surface area contributed by atoms with Crippen LogP contribution >= 0.6 is 12.2 Å². The average Bonchev–Trinajstić information content (AvgIpc) is 3.31. The molecular weight excluding hydrogens is 724 g/mol. The van der Waals surface area contributed by atoms with Crippen molar-refractivity contribution < 1.29 is 37.5 Å². The number of likely N-dealkylation sites (tertiary alicyclic amines) is 1. The van der Waals surface area contributed by atoms with Crippen molar-refractivity contribution >= 4 is 52.3 Å². The molecule has 1 aromatic carbocycles. The van der Waals surface area contributed by atoms with E-state index in [1.54, 1.807) is 20.8 Å². The number of hydrogen-bond acceptors (Lipinski definition) is 9. The van der Waals surface area contributed by atoms with Crippen LogP contribution in [0.3, 0.4) is 0 Å². The maximum atomic E-state index is 13.3. The van der Waals surface area contributed by atoms with Gasteiger partial charge in [0.2, 0.25) is 17.7 Å². The van der Waals surface area contributed by atoms with Crippen LogP contribution in [0, 0.1) is 11.3 Å². The predicted molar refractivity (Wildman–Crippen MR) is 200 cm³/mol. The maximum Gasteiger partial charge on any atom is 0.419 e. The van der Waals surface area contributed by atoms with Crippen LogP contribution < -0.4 is 15.5 Å². The Kier molecular flexibility index (Phi) is 14.7. The van der Waals surface area contributed by atoms with Crippen molar-refractivity contribution in [1.29, 1.82) is 5.26 Å². The zero-order valence-corrected chi connectivity index (χ0v) is 31.7. The van der Waals surface area contributed by atoms with Gasteiger partial charge in [0.25, 0.3) is 5.91 Å². The number of nitriles is 1. The van der Waals surface area contributed by atoms with E-state index in [2.05, 4.69) is 20.5 Å². The van der Waals surface area contributed by atoms with Gasteiger partial charge in [-0.15, -0.1) is 0 Å². The number of alkyl halides is 3. The molecule has 1 aromatic heterocycles. The highest BCUT2D eigenvalue weighted by Gasteiger charge is 2.52. The molecule has 4 aliphatic rings. The largest absolute Gasteiger partial charge is 0.419 e. The smallest absolute Gasteiger partial charge is 0.397 e. The monoisotopic (exact) mass is 771 g/mol. The Morgan fingerprint density at radius 3 is 2.24 bits per heavy atom. The first-order chi connectivity index (χ1) is 25.6. The number of nitrogens with one attached hydrogen (secondary N) is 2. The molecular formula is C38H48F3N7O5S. The Hall–Kier alpha value is -4.46. The van der Waals surface area contributed by atoms with Crippen molar-refractivity contribution in [1.82, 2.24) is 20.1 Å². The van der Waals surface area contributed by atoms with Crippen molar-refractivity contribution in [3.8, 4) is 6.07 Å². The number of amides is 4. The molecule has 4 amide bonds. The fourth-order valence-electron chi connectivity index (χ4n) is 7.20. The molecule has 3 saturated heterocycles. The topological polar surface area (TPSA) is 159 Å². The molecule has 1 saturated carbocycles. The number of carbonyl (C=O) groups excluding carboxylic acids is 4. The van der Waals surface area contributed by atoms with E-state index < -0.39 is 28.9 Å². The first kappa shape index (κ1) is 42.3. The number of benzene rings is 1. The number of aromatic nitrogens is 1. The molecule has 16 heteroatoms. The maximum absolute atomic E-state index is 13.3. The third-order valence-electron chi connectivity index (χ3n) is 9.86. The van der Waals surface area contributed by atoms with Crippen LogP contribution in [0.2, 0.25) is 0 Å². The molecule has 2 aromatic rings. The number of imide groups is 1. The van der Waals surface area contributed by atoms with E-state index in [1.165, 1.54) is 12.5 Å². The minimum atomic E-state index is -4.75. The number of aliphatic hydroxyl groups excluding tert-OH is 1. The van der Waals surface area contributed by atoms with Crippen LogP contribution in [0.25, 0.3) is 0 Å². The summed E-state index contributed by atoms with van der Waals surface area (Å²) in [7, 11) is 0. The van der Waals surface area contributed by atoms with Gasteiger partial charge in [-0.25, -0.2) is 4.98 Å². The van der Waals surface area contributed by atoms with Gasteiger partial charge in [-0.2, -0.15) is 18.4 Å². The number of anilines is 2. The first-order valence-electron chi connectivity index (χ1n) is 18.3. The lowest BCUT2D eigenvalue weighted by molar-refractivity contribution is -0.138. The lowest BCUT2D eigenvalue weighted by Gasteiger charge is -2.39. The molecule has 292 valence electrons. The summed E-state index contributed by atoms with van der Waals surface area (Å²) in [5.74, 6) is -1.14. The number of halogens is 3.